The molecule has 1 aromatic heterocycles. The van der Waals surface area contributed by atoms with Crippen LogP contribution >= 0.6 is 23.2 Å². The van der Waals surface area contributed by atoms with Crippen LogP contribution < -0.4 is 0 Å². The molecule has 14 heavy (non-hydrogen) atoms. The fourth-order valence-electron chi connectivity index (χ4n) is 1.23. The lowest BCUT2D eigenvalue weighted by Gasteiger charge is -1.98. The van der Waals surface area contributed by atoms with Gasteiger partial charge in [-0.25, -0.2) is 0 Å². The topological polar surface area (TPSA) is 26.0 Å². The zero-order chi connectivity index (χ0) is 9.97. The molecule has 0 unspecified atom stereocenters. The van der Waals surface area contributed by atoms with Crippen molar-refractivity contribution in [1.29, 1.82) is 0 Å². The van der Waals surface area contributed by atoms with Gasteiger partial charge in [0, 0.05) is 16.1 Å². The second-order valence-electron chi connectivity index (χ2n) is 2.83. The Hall–Kier alpha value is -0.990. The Morgan fingerprint density at radius 2 is 2.21 bits per heavy atom. The van der Waals surface area contributed by atoms with Crippen molar-refractivity contribution in [2.24, 2.45) is 0 Å². The predicted octanol–water partition coefficient (Wildman–Crippen LogP) is 3.73. The molecule has 72 valence electrons. The van der Waals surface area contributed by atoms with E-state index in [4.69, 9.17) is 27.7 Å². The van der Waals surface area contributed by atoms with Gasteiger partial charge < -0.3 is 4.52 Å². The molecule has 0 radical (unpaired) electrons. The number of halogens is 2. The molecule has 2 rings (SSSR count). The Morgan fingerprint density at radius 3 is 2.93 bits per heavy atom. The Kier molecular flexibility index (Phi) is 2.75. The van der Waals surface area contributed by atoms with Crippen molar-refractivity contribution in [3.8, 4) is 11.3 Å². The molecule has 0 saturated heterocycles. The molecule has 0 fully saturated rings. The molecule has 2 aromatic rings. The Morgan fingerprint density at radius 1 is 1.36 bits per heavy atom. The van der Waals surface area contributed by atoms with Crippen LogP contribution in [0.15, 0.2) is 35.1 Å². The van der Waals surface area contributed by atoms with Crippen molar-refractivity contribution < 1.29 is 4.52 Å². The van der Waals surface area contributed by atoms with E-state index < -0.39 is 0 Å². The molecule has 0 N–H and O–H groups in total. The number of alkyl halides is 1. The summed E-state index contributed by atoms with van der Waals surface area (Å²) in [6, 6.07) is 7.42. The molecule has 0 saturated carbocycles. The molecule has 0 bridgehead atoms. The van der Waals surface area contributed by atoms with Gasteiger partial charge in [0.1, 0.15) is 12.0 Å². The van der Waals surface area contributed by atoms with Crippen LogP contribution in [0.4, 0.5) is 0 Å². The van der Waals surface area contributed by atoms with Gasteiger partial charge in [0.15, 0.2) is 0 Å². The summed E-state index contributed by atoms with van der Waals surface area (Å²) in [5.74, 6) is 0.380. The minimum absolute atomic E-state index is 0.380. The van der Waals surface area contributed by atoms with Crippen molar-refractivity contribution in [2.45, 2.75) is 5.88 Å². The summed E-state index contributed by atoms with van der Waals surface area (Å²) in [6.07, 6.45) is 1.54. The van der Waals surface area contributed by atoms with Gasteiger partial charge in [-0.3, -0.25) is 0 Å². The van der Waals surface area contributed by atoms with Crippen LogP contribution in [-0.2, 0) is 5.88 Å². The summed E-state index contributed by atoms with van der Waals surface area (Å²) in [5.41, 5.74) is 2.54. The zero-order valence-electron chi connectivity index (χ0n) is 7.21. The van der Waals surface area contributed by atoms with E-state index in [1.807, 2.05) is 24.3 Å². The normalized spacial score (nSPS) is 10.4. The molecule has 0 aliphatic carbocycles. The minimum atomic E-state index is 0.380. The molecule has 0 aliphatic rings. The molecular weight excluding hydrogens is 221 g/mol. The predicted molar refractivity (Wildman–Crippen MR) is 56.5 cm³/mol. The molecule has 0 atom stereocenters. The van der Waals surface area contributed by atoms with Crippen molar-refractivity contribution in [3.05, 3.63) is 41.1 Å². The van der Waals surface area contributed by atoms with Crippen molar-refractivity contribution in [3.63, 3.8) is 0 Å². The molecule has 0 spiro atoms. The Bertz CT molecular complexity index is 439. The van der Waals surface area contributed by atoms with Crippen LogP contribution in [0.1, 0.15) is 5.56 Å². The third kappa shape index (κ3) is 1.76. The van der Waals surface area contributed by atoms with Crippen LogP contribution in [0, 0.1) is 0 Å². The number of aromatic nitrogens is 1. The number of rotatable bonds is 2. The SMILES string of the molecule is ClCc1conc1-c1cccc(Cl)c1. The highest BCUT2D eigenvalue weighted by molar-refractivity contribution is 6.30. The van der Waals surface area contributed by atoms with Crippen molar-refractivity contribution >= 4 is 23.2 Å². The van der Waals surface area contributed by atoms with Gasteiger partial charge in [0.05, 0.1) is 5.88 Å². The highest BCUT2D eigenvalue weighted by Gasteiger charge is 2.08. The van der Waals surface area contributed by atoms with Crippen molar-refractivity contribution in [2.75, 3.05) is 0 Å². The average molecular weight is 228 g/mol. The molecular formula is C10H7Cl2NO. The van der Waals surface area contributed by atoms with E-state index in [1.54, 1.807) is 6.26 Å². The number of nitrogens with zero attached hydrogens (tertiary/aromatic N) is 1. The molecule has 0 amide bonds. The summed E-state index contributed by atoms with van der Waals surface area (Å²) in [5, 5.41) is 4.55. The summed E-state index contributed by atoms with van der Waals surface area (Å²) in [6.45, 7) is 0. The van der Waals surface area contributed by atoms with Crippen LogP contribution in [0.5, 0.6) is 0 Å². The Balaban J connectivity index is 2.49. The van der Waals surface area contributed by atoms with Gasteiger partial charge in [0.25, 0.3) is 0 Å². The summed E-state index contributed by atoms with van der Waals surface area (Å²) < 4.78 is 4.85. The van der Waals surface area contributed by atoms with Crippen LogP contribution in [0.2, 0.25) is 5.02 Å². The van der Waals surface area contributed by atoms with E-state index in [2.05, 4.69) is 5.16 Å². The van der Waals surface area contributed by atoms with Crippen LogP contribution in [0.3, 0.4) is 0 Å². The lowest BCUT2D eigenvalue weighted by atomic mass is 10.1. The van der Waals surface area contributed by atoms with Gasteiger partial charge in [0.2, 0.25) is 0 Å². The Labute approximate surface area is 91.4 Å². The number of benzene rings is 1. The molecule has 4 heteroatoms. The van der Waals surface area contributed by atoms with Gasteiger partial charge in [-0.05, 0) is 12.1 Å². The van der Waals surface area contributed by atoms with Gasteiger partial charge in [-0.15, -0.1) is 11.6 Å². The maximum Gasteiger partial charge on any atom is 0.128 e. The largest absolute Gasteiger partial charge is 0.364 e. The lowest BCUT2D eigenvalue weighted by molar-refractivity contribution is 0.421. The zero-order valence-corrected chi connectivity index (χ0v) is 8.72. The fraction of sp³-hybridized carbons (Fsp3) is 0.100. The minimum Gasteiger partial charge on any atom is -0.364 e. The number of hydrogen-bond donors (Lipinski definition) is 0. The average Bonchev–Trinajstić information content (AvgIpc) is 2.65. The molecule has 1 aromatic carbocycles. The first-order valence-electron chi connectivity index (χ1n) is 4.06. The van der Waals surface area contributed by atoms with E-state index >= 15 is 0 Å². The molecule has 1 heterocycles. The van der Waals surface area contributed by atoms with Crippen molar-refractivity contribution in [1.82, 2.24) is 5.16 Å². The monoisotopic (exact) mass is 227 g/mol. The smallest absolute Gasteiger partial charge is 0.128 e. The second-order valence-corrected chi connectivity index (χ2v) is 3.54. The van der Waals surface area contributed by atoms with E-state index in [0.717, 1.165) is 16.8 Å². The maximum absolute atomic E-state index is 5.87. The first-order chi connectivity index (χ1) is 6.81. The second kappa shape index (κ2) is 4.03. The third-order valence-corrected chi connectivity index (χ3v) is 2.41. The molecule has 2 nitrogen and oxygen atoms in total. The summed E-state index contributed by atoms with van der Waals surface area (Å²) in [7, 11) is 0. The third-order valence-electron chi connectivity index (χ3n) is 1.89. The fourth-order valence-corrected chi connectivity index (χ4v) is 1.61. The first-order valence-corrected chi connectivity index (χ1v) is 4.97. The van der Waals surface area contributed by atoms with E-state index in [-0.39, 0.29) is 0 Å². The first kappa shape index (κ1) is 9.56. The highest BCUT2D eigenvalue weighted by atomic mass is 35.5. The quantitative estimate of drug-likeness (QED) is 0.732. The summed E-state index contributed by atoms with van der Waals surface area (Å²) >= 11 is 11.6. The maximum atomic E-state index is 5.87. The van der Waals surface area contributed by atoms with Gasteiger partial charge >= 0.3 is 0 Å². The highest BCUT2D eigenvalue weighted by Crippen LogP contribution is 2.25. The van der Waals surface area contributed by atoms with E-state index in [0.29, 0.717) is 10.9 Å². The van der Waals surface area contributed by atoms with Crippen LogP contribution in [-0.4, -0.2) is 5.16 Å². The van der Waals surface area contributed by atoms with Gasteiger partial charge in [-0.1, -0.05) is 28.9 Å². The van der Waals surface area contributed by atoms with E-state index in [9.17, 15) is 0 Å². The summed E-state index contributed by atoms with van der Waals surface area (Å²) in [4.78, 5) is 0. The standard InChI is InChI=1S/C10H7Cl2NO/c11-5-8-6-14-13-10(8)7-2-1-3-9(12)4-7/h1-4,6H,5H2. The lowest BCUT2D eigenvalue weighted by Crippen LogP contribution is -1.82. The van der Waals surface area contributed by atoms with Crippen LogP contribution in [0.25, 0.3) is 11.3 Å². The van der Waals surface area contributed by atoms with E-state index in [1.165, 1.54) is 0 Å². The molecule has 0 aliphatic heterocycles. The van der Waals surface area contributed by atoms with Gasteiger partial charge in [-0.2, -0.15) is 0 Å². The number of hydrogen-bond acceptors (Lipinski definition) is 2.